The van der Waals surface area contributed by atoms with Crippen LogP contribution in [-0.4, -0.2) is 53.6 Å². The molecule has 0 spiro atoms. The molecular formula is C19H29N3O4. The second kappa shape index (κ2) is 10.6. The van der Waals surface area contributed by atoms with Crippen LogP contribution in [0.1, 0.15) is 19.8 Å². The summed E-state index contributed by atoms with van der Waals surface area (Å²) in [7, 11) is 4.79. The van der Waals surface area contributed by atoms with Gasteiger partial charge in [0.05, 0.1) is 34.5 Å². The molecule has 0 fully saturated rings. The maximum absolute atomic E-state index is 5.40. The van der Waals surface area contributed by atoms with Crippen molar-refractivity contribution in [2.45, 2.75) is 19.8 Å². The lowest BCUT2D eigenvalue weighted by Gasteiger charge is -2.17. The molecule has 1 aliphatic heterocycles. The summed E-state index contributed by atoms with van der Waals surface area (Å²) in [5.74, 6) is 2.47. The number of guanidine groups is 1. The number of anilines is 1. The lowest BCUT2D eigenvalue weighted by atomic mass is 10.1. The summed E-state index contributed by atoms with van der Waals surface area (Å²) in [6.45, 7) is 5.04. The van der Waals surface area contributed by atoms with Gasteiger partial charge in [-0.1, -0.05) is 11.6 Å². The highest BCUT2D eigenvalue weighted by atomic mass is 16.5. The van der Waals surface area contributed by atoms with Gasteiger partial charge in [-0.25, -0.2) is 0 Å². The Bertz CT molecular complexity index is 619. The zero-order valence-corrected chi connectivity index (χ0v) is 16.1. The van der Waals surface area contributed by atoms with Gasteiger partial charge in [-0.3, -0.25) is 4.99 Å². The van der Waals surface area contributed by atoms with E-state index in [1.807, 2.05) is 19.1 Å². The highest BCUT2D eigenvalue weighted by molar-refractivity contribution is 5.94. The summed E-state index contributed by atoms with van der Waals surface area (Å²) in [5.41, 5.74) is 2.22. The standard InChI is InChI=1S/C19H29N3O4/c1-5-20-19(21-9-6-14-7-10-26-11-8-14)22-15-12-16(23-2)18(25-4)17(13-15)24-3/h7,12-13H,5-6,8-11H2,1-4H3,(H2,20,21,22). The molecular weight excluding hydrogens is 334 g/mol. The van der Waals surface area contributed by atoms with Gasteiger partial charge in [-0.15, -0.1) is 0 Å². The zero-order chi connectivity index (χ0) is 18.8. The SMILES string of the molecule is CCNC(=NCCC1=CCOCC1)Nc1cc(OC)c(OC)c(OC)c1. The predicted molar refractivity (Wildman–Crippen MR) is 104 cm³/mol. The molecule has 7 nitrogen and oxygen atoms in total. The minimum Gasteiger partial charge on any atom is -0.493 e. The first-order valence-electron chi connectivity index (χ1n) is 8.82. The average Bonchev–Trinajstić information content (AvgIpc) is 2.68. The maximum Gasteiger partial charge on any atom is 0.203 e. The van der Waals surface area contributed by atoms with E-state index in [9.17, 15) is 0 Å². The Balaban J connectivity index is 2.10. The van der Waals surface area contributed by atoms with Gasteiger partial charge < -0.3 is 29.6 Å². The predicted octanol–water partition coefficient (Wildman–Crippen LogP) is 2.83. The van der Waals surface area contributed by atoms with Crippen LogP contribution in [0.15, 0.2) is 28.8 Å². The second-order valence-electron chi connectivity index (χ2n) is 5.74. The van der Waals surface area contributed by atoms with Crippen molar-refractivity contribution in [2.24, 2.45) is 4.99 Å². The average molecular weight is 363 g/mol. The van der Waals surface area contributed by atoms with Crippen LogP contribution >= 0.6 is 0 Å². The summed E-state index contributed by atoms with van der Waals surface area (Å²) in [4.78, 5) is 4.66. The van der Waals surface area contributed by atoms with Gasteiger partial charge in [0.15, 0.2) is 17.5 Å². The number of rotatable bonds is 8. The zero-order valence-electron chi connectivity index (χ0n) is 16.1. The van der Waals surface area contributed by atoms with E-state index >= 15 is 0 Å². The van der Waals surface area contributed by atoms with Crippen LogP contribution in [0.25, 0.3) is 0 Å². The van der Waals surface area contributed by atoms with Gasteiger partial charge >= 0.3 is 0 Å². The summed E-state index contributed by atoms with van der Waals surface area (Å²) in [6.07, 6.45) is 4.08. The molecule has 0 aromatic heterocycles. The Morgan fingerprint density at radius 2 is 1.88 bits per heavy atom. The molecule has 1 heterocycles. The van der Waals surface area contributed by atoms with Gasteiger partial charge in [-0.05, 0) is 19.8 Å². The van der Waals surface area contributed by atoms with Crippen molar-refractivity contribution in [3.05, 3.63) is 23.8 Å². The Labute approximate surface area is 155 Å². The summed E-state index contributed by atoms with van der Waals surface area (Å²) in [5, 5.41) is 6.55. The molecule has 1 aromatic rings. The first kappa shape index (κ1) is 19.9. The van der Waals surface area contributed by atoms with Crippen LogP contribution in [0, 0.1) is 0 Å². The molecule has 2 N–H and O–H groups in total. The number of methoxy groups -OCH3 is 3. The first-order valence-corrected chi connectivity index (χ1v) is 8.82. The molecule has 1 aromatic carbocycles. The van der Waals surface area contributed by atoms with E-state index in [1.165, 1.54) is 5.57 Å². The smallest absolute Gasteiger partial charge is 0.203 e. The molecule has 26 heavy (non-hydrogen) atoms. The fourth-order valence-electron chi connectivity index (χ4n) is 2.70. The van der Waals surface area contributed by atoms with Gasteiger partial charge in [-0.2, -0.15) is 0 Å². The van der Waals surface area contributed by atoms with Crippen LogP contribution in [0.4, 0.5) is 5.69 Å². The van der Waals surface area contributed by atoms with Crippen molar-refractivity contribution in [1.82, 2.24) is 5.32 Å². The van der Waals surface area contributed by atoms with Crippen LogP contribution in [0.3, 0.4) is 0 Å². The van der Waals surface area contributed by atoms with Crippen LogP contribution < -0.4 is 24.8 Å². The Morgan fingerprint density at radius 1 is 1.15 bits per heavy atom. The molecule has 0 radical (unpaired) electrons. The van der Waals surface area contributed by atoms with Crippen molar-refractivity contribution in [1.29, 1.82) is 0 Å². The largest absolute Gasteiger partial charge is 0.493 e. The van der Waals surface area contributed by atoms with Gasteiger partial charge in [0.25, 0.3) is 0 Å². The summed E-state index contributed by atoms with van der Waals surface area (Å²) >= 11 is 0. The minimum absolute atomic E-state index is 0.564. The van der Waals surface area contributed by atoms with Gasteiger partial charge in [0, 0.05) is 30.9 Å². The fraction of sp³-hybridized carbons (Fsp3) is 0.526. The van der Waals surface area contributed by atoms with Crippen LogP contribution in [-0.2, 0) is 4.74 Å². The molecule has 0 saturated carbocycles. The molecule has 7 heteroatoms. The first-order chi connectivity index (χ1) is 12.7. The molecule has 0 aliphatic carbocycles. The topological polar surface area (TPSA) is 73.3 Å². The van der Waals surface area contributed by atoms with E-state index in [0.29, 0.717) is 30.4 Å². The third kappa shape index (κ3) is 5.56. The molecule has 2 rings (SSSR count). The van der Waals surface area contributed by atoms with Crippen molar-refractivity contribution < 1.29 is 18.9 Å². The van der Waals surface area contributed by atoms with Crippen LogP contribution in [0.2, 0.25) is 0 Å². The molecule has 144 valence electrons. The number of aliphatic imine (C=N–C) groups is 1. The molecule has 0 bridgehead atoms. The number of hydrogen-bond acceptors (Lipinski definition) is 5. The molecule has 0 atom stereocenters. The van der Waals surface area contributed by atoms with Crippen molar-refractivity contribution in [3.8, 4) is 17.2 Å². The second-order valence-corrected chi connectivity index (χ2v) is 5.74. The lowest BCUT2D eigenvalue weighted by Crippen LogP contribution is -2.30. The lowest BCUT2D eigenvalue weighted by molar-refractivity contribution is 0.153. The van der Waals surface area contributed by atoms with E-state index in [4.69, 9.17) is 18.9 Å². The third-order valence-corrected chi connectivity index (χ3v) is 4.03. The summed E-state index contributed by atoms with van der Waals surface area (Å²) in [6, 6.07) is 3.71. The Hall–Kier alpha value is -2.41. The third-order valence-electron chi connectivity index (χ3n) is 4.03. The molecule has 0 unspecified atom stereocenters. The van der Waals surface area contributed by atoms with E-state index in [1.54, 1.807) is 21.3 Å². The maximum atomic E-state index is 5.40. The van der Waals surface area contributed by atoms with E-state index in [2.05, 4.69) is 21.7 Å². The van der Waals surface area contributed by atoms with Crippen molar-refractivity contribution in [3.63, 3.8) is 0 Å². The highest BCUT2D eigenvalue weighted by Crippen LogP contribution is 2.39. The fourth-order valence-corrected chi connectivity index (χ4v) is 2.70. The molecule has 0 amide bonds. The van der Waals surface area contributed by atoms with E-state index in [0.717, 1.165) is 37.6 Å². The van der Waals surface area contributed by atoms with E-state index < -0.39 is 0 Å². The van der Waals surface area contributed by atoms with Gasteiger partial charge in [0.2, 0.25) is 5.75 Å². The van der Waals surface area contributed by atoms with Crippen molar-refractivity contribution in [2.75, 3.05) is 52.9 Å². The monoisotopic (exact) mass is 363 g/mol. The normalized spacial score (nSPS) is 14.5. The number of ether oxygens (including phenoxy) is 4. The Morgan fingerprint density at radius 3 is 2.42 bits per heavy atom. The van der Waals surface area contributed by atoms with Crippen molar-refractivity contribution >= 4 is 11.6 Å². The minimum atomic E-state index is 0.564. The van der Waals surface area contributed by atoms with E-state index in [-0.39, 0.29) is 0 Å². The highest BCUT2D eigenvalue weighted by Gasteiger charge is 2.14. The number of hydrogen-bond donors (Lipinski definition) is 2. The summed E-state index contributed by atoms with van der Waals surface area (Å²) < 4.78 is 21.5. The number of nitrogens with zero attached hydrogens (tertiary/aromatic N) is 1. The van der Waals surface area contributed by atoms with Crippen LogP contribution in [0.5, 0.6) is 17.2 Å². The number of benzene rings is 1. The van der Waals surface area contributed by atoms with Gasteiger partial charge in [0.1, 0.15) is 0 Å². The molecule has 1 aliphatic rings. The quantitative estimate of drug-likeness (QED) is 0.420. The Kier molecular flexibility index (Phi) is 8.08. The molecule has 0 saturated heterocycles. The number of nitrogens with one attached hydrogen (secondary N) is 2.